The maximum Gasteiger partial charge on any atom is 0.407 e. The Labute approximate surface area is 212 Å². The highest BCUT2D eigenvalue weighted by Crippen LogP contribution is 2.35. The Hall–Kier alpha value is -3.25. The number of halogens is 3. The van der Waals surface area contributed by atoms with Crippen molar-refractivity contribution in [2.24, 2.45) is 5.92 Å². The van der Waals surface area contributed by atoms with E-state index in [1.54, 1.807) is 26.0 Å². The Morgan fingerprint density at radius 2 is 1.57 bits per heavy atom. The van der Waals surface area contributed by atoms with Crippen LogP contribution in [0.15, 0.2) is 53.4 Å². The Balaban J connectivity index is 1.83. The van der Waals surface area contributed by atoms with E-state index in [1.165, 1.54) is 36.4 Å². The third kappa shape index (κ3) is 7.39. The number of hydrogen-bond acceptors (Lipinski definition) is 6. The predicted molar refractivity (Wildman–Crippen MR) is 130 cm³/mol. The van der Waals surface area contributed by atoms with Crippen LogP contribution in [0.2, 0.25) is 0 Å². The second-order valence-electron chi connectivity index (χ2n) is 9.42. The molecule has 1 heterocycles. The van der Waals surface area contributed by atoms with Crippen LogP contribution >= 0.6 is 0 Å². The van der Waals surface area contributed by atoms with Crippen LogP contribution in [0.25, 0.3) is 11.1 Å². The van der Waals surface area contributed by atoms with E-state index >= 15 is 0 Å². The molecule has 0 radical (unpaired) electrons. The van der Waals surface area contributed by atoms with Crippen LogP contribution in [0, 0.1) is 5.92 Å². The highest BCUT2D eigenvalue weighted by atomic mass is 32.2. The molecular weight excluding hydrogens is 511 g/mol. The smallest absolute Gasteiger partial charge is 0.342 e. The topological polar surface area (TPSA) is 121 Å². The molecule has 200 valence electrons. The molecule has 0 bridgehead atoms. The lowest BCUT2D eigenvalue weighted by molar-refractivity contribution is -0.161. The van der Waals surface area contributed by atoms with E-state index in [0.717, 1.165) is 6.26 Å². The van der Waals surface area contributed by atoms with Crippen LogP contribution < -0.4 is 16.0 Å². The standard InChI is InChI=1S/C25H28F3N3O5S/c1-14(2)12-19(23(33)30-20-13-21(32)31-24(20)34)29-22(25(26,27)28)17-6-4-15(5-7-17)16-8-10-18(11-9-16)37(3,35)36/h4-11,14,19-20,22,29H,12-13H2,1-3H3,(H,30,33)(H,31,32,34)/t19-,20?,22-/m0/s1. The summed E-state index contributed by atoms with van der Waals surface area (Å²) >= 11 is 0. The number of alkyl halides is 3. The van der Waals surface area contributed by atoms with E-state index in [2.05, 4.69) is 10.6 Å². The summed E-state index contributed by atoms with van der Waals surface area (Å²) in [5.74, 6) is -2.22. The molecule has 2 aromatic carbocycles. The highest BCUT2D eigenvalue weighted by molar-refractivity contribution is 7.90. The second-order valence-corrected chi connectivity index (χ2v) is 11.4. The van der Waals surface area contributed by atoms with Crippen molar-refractivity contribution in [2.75, 3.05) is 6.26 Å². The summed E-state index contributed by atoms with van der Waals surface area (Å²) < 4.78 is 65.6. The molecule has 0 aliphatic carbocycles. The highest BCUT2D eigenvalue weighted by Gasteiger charge is 2.43. The van der Waals surface area contributed by atoms with Gasteiger partial charge in [0.1, 0.15) is 12.1 Å². The average Bonchev–Trinajstić information content (AvgIpc) is 3.11. The lowest BCUT2D eigenvalue weighted by Gasteiger charge is -2.29. The Kier molecular flexibility index (Phi) is 8.43. The number of imide groups is 1. The summed E-state index contributed by atoms with van der Waals surface area (Å²) in [6.07, 6.45) is -3.87. The summed E-state index contributed by atoms with van der Waals surface area (Å²) in [4.78, 5) is 36.2. The van der Waals surface area contributed by atoms with E-state index in [1.807, 2.05) is 5.32 Å². The largest absolute Gasteiger partial charge is 0.407 e. The zero-order valence-electron chi connectivity index (χ0n) is 20.4. The van der Waals surface area contributed by atoms with Crippen molar-refractivity contribution >= 4 is 27.6 Å². The van der Waals surface area contributed by atoms with Gasteiger partial charge in [-0.3, -0.25) is 25.0 Å². The first-order valence-electron chi connectivity index (χ1n) is 11.5. The number of nitrogens with one attached hydrogen (secondary N) is 3. The Bertz CT molecular complexity index is 1260. The molecule has 1 unspecified atom stereocenters. The van der Waals surface area contributed by atoms with Crippen LogP contribution in [0.5, 0.6) is 0 Å². The van der Waals surface area contributed by atoms with Gasteiger partial charge in [-0.15, -0.1) is 0 Å². The summed E-state index contributed by atoms with van der Waals surface area (Å²) in [6.45, 7) is 3.50. The van der Waals surface area contributed by atoms with Gasteiger partial charge < -0.3 is 5.32 Å². The van der Waals surface area contributed by atoms with Crippen LogP contribution in [-0.2, 0) is 24.2 Å². The zero-order valence-corrected chi connectivity index (χ0v) is 21.2. The number of hydrogen-bond donors (Lipinski definition) is 3. The zero-order chi connectivity index (χ0) is 27.5. The molecule has 8 nitrogen and oxygen atoms in total. The molecular formula is C25H28F3N3O5S. The first kappa shape index (κ1) is 28.3. The van der Waals surface area contributed by atoms with Gasteiger partial charge >= 0.3 is 6.18 Å². The van der Waals surface area contributed by atoms with Crippen molar-refractivity contribution in [1.29, 1.82) is 0 Å². The van der Waals surface area contributed by atoms with Crippen LogP contribution in [0.4, 0.5) is 13.2 Å². The van der Waals surface area contributed by atoms with Crippen molar-refractivity contribution in [3.63, 3.8) is 0 Å². The molecule has 1 fully saturated rings. The number of carbonyl (C=O) groups excluding carboxylic acids is 3. The van der Waals surface area contributed by atoms with Gasteiger partial charge in [0.25, 0.3) is 0 Å². The van der Waals surface area contributed by atoms with Crippen molar-refractivity contribution in [3.8, 4) is 11.1 Å². The summed E-state index contributed by atoms with van der Waals surface area (Å²) in [7, 11) is -3.38. The van der Waals surface area contributed by atoms with Crippen molar-refractivity contribution < 1.29 is 36.0 Å². The number of rotatable bonds is 9. The van der Waals surface area contributed by atoms with Gasteiger partial charge in [-0.25, -0.2) is 8.42 Å². The quantitative estimate of drug-likeness (QED) is 0.422. The summed E-state index contributed by atoms with van der Waals surface area (Å²) in [6, 6.07) is 6.94. The van der Waals surface area contributed by atoms with Crippen LogP contribution in [-0.4, -0.2) is 50.7 Å². The van der Waals surface area contributed by atoms with E-state index in [4.69, 9.17) is 0 Å². The van der Waals surface area contributed by atoms with Crippen molar-refractivity contribution in [2.45, 2.75) is 55.9 Å². The maximum absolute atomic E-state index is 14.1. The summed E-state index contributed by atoms with van der Waals surface area (Å²) in [5.41, 5.74) is 1.08. The third-order valence-electron chi connectivity index (χ3n) is 5.86. The molecule has 3 rings (SSSR count). The molecule has 0 spiro atoms. The van der Waals surface area contributed by atoms with Gasteiger partial charge in [0.2, 0.25) is 17.7 Å². The van der Waals surface area contributed by atoms with Crippen molar-refractivity contribution in [1.82, 2.24) is 16.0 Å². The minimum atomic E-state index is -4.74. The molecule has 1 aliphatic heterocycles. The minimum absolute atomic E-state index is 0.0610. The molecule has 12 heteroatoms. The maximum atomic E-state index is 14.1. The Morgan fingerprint density at radius 3 is 2.00 bits per heavy atom. The van der Waals surface area contributed by atoms with Gasteiger partial charge in [-0.1, -0.05) is 50.2 Å². The normalized spacial score (nSPS) is 18.0. The molecule has 3 atom stereocenters. The van der Waals surface area contributed by atoms with Gasteiger partial charge in [-0.05, 0) is 41.2 Å². The van der Waals surface area contributed by atoms with E-state index in [-0.39, 0.29) is 29.2 Å². The minimum Gasteiger partial charge on any atom is -0.342 e. The third-order valence-corrected chi connectivity index (χ3v) is 6.99. The molecule has 0 saturated carbocycles. The SMILES string of the molecule is CC(C)C[C@H](N[C@@H](c1ccc(-c2ccc(S(C)(=O)=O)cc2)cc1)C(F)(F)F)C(=O)NC1CC(=O)NC1=O. The van der Waals surface area contributed by atoms with E-state index in [0.29, 0.717) is 11.1 Å². The van der Waals surface area contributed by atoms with Crippen molar-refractivity contribution in [3.05, 3.63) is 54.1 Å². The van der Waals surface area contributed by atoms with Gasteiger partial charge in [0.15, 0.2) is 9.84 Å². The van der Waals surface area contributed by atoms with E-state index < -0.39 is 51.9 Å². The summed E-state index contributed by atoms with van der Waals surface area (Å²) in [5, 5.41) is 6.83. The van der Waals surface area contributed by atoms with Gasteiger partial charge in [-0.2, -0.15) is 13.2 Å². The van der Waals surface area contributed by atoms with E-state index in [9.17, 15) is 36.0 Å². The molecule has 0 aromatic heterocycles. The fourth-order valence-electron chi connectivity index (χ4n) is 4.01. The fraction of sp³-hybridized carbons (Fsp3) is 0.400. The predicted octanol–water partition coefficient (Wildman–Crippen LogP) is 2.90. The molecule has 3 N–H and O–H groups in total. The fourth-order valence-corrected chi connectivity index (χ4v) is 4.64. The first-order valence-corrected chi connectivity index (χ1v) is 13.4. The lowest BCUT2D eigenvalue weighted by atomic mass is 9.97. The molecule has 3 amide bonds. The van der Waals surface area contributed by atoms with Crippen LogP contribution in [0.1, 0.15) is 38.3 Å². The molecule has 1 aliphatic rings. The van der Waals surface area contributed by atoms with Gasteiger partial charge in [0, 0.05) is 6.26 Å². The first-order chi connectivity index (χ1) is 17.1. The Morgan fingerprint density at radius 1 is 1.03 bits per heavy atom. The van der Waals surface area contributed by atoms with Gasteiger partial charge in [0.05, 0.1) is 17.4 Å². The second kappa shape index (κ2) is 11.0. The molecule has 2 aromatic rings. The number of carbonyl (C=O) groups is 3. The number of sulfone groups is 1. The van der Waals surface area contributed by atoms with Crippen LogP contribution in [0.3, 0.4) is 0 Å². The monoisotopic (exact) mass is 539 g/mol. The molecule has 1 saturated heterocycles. The molecule has 37 heavy (non-hydrogen) atoms. The average molecular weight is 540 g/mol. The number of benzene rings is 2. The lowest BCUT2D eigenvalue weighted by Crippen LogP contribution is -2.52. The number of amides is 3.